The summed E-state index contributed by atoms with van der Waals surface area (Å²) < 4.78 is 19.4. The number of hydrogen-bond donors (Lipinski definition) is 3. The van der Waals surface area contributed by atoms with Gasteiger partial charge in [-0.05, 0) is 87.8 Å². The fraction of sp³-hybridized carbons (Fsp3) is 0.450. The number of carbonyl (C=O) groups excluding carboxylic acids is 1. The number of nitrogens with zero attached hydrogens (tertiary/aromatic N) is 7. The first kappa shape index (κ1) is 38.8. The number of benzene rings is 2. The van der Waals surface area contributed by atoms with E-state index in [0.717, 1.165) is 98.3 Å². The molecule has 16 nitrogen and oxygen atoms in total. The van der Waals surface area contributed by atoms with Crippen LogP contribution < -0.4 is 41.7 Å². The van der Waals surface area contributed by atoms with Gasteiger partial charge in [-0.15, -0.1) is 0 Å². The van der Waals surface area contributed by atoms with Gasteiger partial charge in [-0.25, -0.2) is 15.0 Å². The molecule has 6 heterocycles. The second kappa shape index (κ2) is 18.0. The van der Waals surface area contributed by atoms with Gasteiger partial charge in [-0.2, -0.15) is 0 Å². The van der Waals surface area contributed by atoms with Crippen molar-refractivity contribution in [1.29, 1.82) is 0 Å². The third-order valence-corrected chi connectivity index (χ3v) is 10.7. The summed E-state index contributed by atoms with van der Waals surface area (Å²) in [5, 5.41) is 6.40. The molecule has 2 fully saturated rings. The van der Waals surface area contributed by atoms with Crippen molar-refractivity contribution >= 4 is 33.7 Å². The average Bonchev–Trinajstić information content (AvgIpc) is 3.22. The molecule has 1 amide bonds. The minimum atomic E-state index is -0.159. The van der Waals surface area contributed by atoms with E-state index in [-0.39, 0.29) is 23.6 Å². The predicted molar refractivity (Wildman–Crippen MR) is 213 cm³/mol. The smallest absolute Gasteiger partial charge is 0.269 e. The first-order chi connectivity index (χ1) is 27.3. The molecule has 0 unspecified atom stereocenters. The van der Waals surface area contributed by atoms with Crippen molar-refractivity contribution in [3.8, 4) is 17.4 Å². The molecule has 16 heteroatoms. The zero-order valence-electron chi connectivity index (χ0n) is 32.0. The van der Waals surface area contributed by atoms with Gasteiger partial charge in [0, 0.05) is 63.1 Å². The molecule has 3 aromatic heterocycles. The van der Waals surface area contributed by atoms with Gasteiger partial charge < -0.3 is 49.5 Å². The van der Waals surface area contributed by atoms with Crippen molar-refractivity contribution < 1.29 is 19.0 Å². The number of fused-ring (bicyclic) bond motifs is 3. The largest absolute Gasteiger partial charge is 0.497 e. The average molecular weight is 767 g/mol. The summed E-state index contributed by atoms with van der Waals surface area (Å²) in [7, 11) is 3.24. The van der Waals surface area contributed by atoms with Crippen molar-refractivity contribution in [3.63, 3.8) is 0 Å². The van der Waals surface area contributed by atoms with Crippen molar-refractivity contribution in [3.05, 3.63) is 87.3 Å². The highest BCUT2D eigenvalue weighted by Gasteiger charge is 2.21. The monoisotopic (exact) mass is 766 g/mol. The molecule has 2 saturated heterocycles. The summed E-state index contributed by atoms with van der Waals surface area (Å²) in [4.78, 5) is 53.7. The zero-order valence-corrected chi connectivity index (χ0v) is 32.0. The normalized spacial score (nSPS) is 16.8. The number of pyridine rings is 1. The fourth-order valence-corrected chi connectivity index (χ4v) is 7.40. The Kier molecular flexibility index (Phi) is 12.5. The van der Waals surface area contributed by atoms with Crippen LogP contribution in [0.1, 0.15) is 31.2 Å². The van der Waals surface area contributed by atoms with E-state index in [2.05, 4.69) is 35.4 Å². The van der Waals surface area contributed by atoms with Gasteiger partial charge in [-0.3, -0.25) is 14.4 Å². The van der Waals surface area contributed by atoms with Gasteiger partial charge in [-0.1, -0.05) is 0 Å². The van der Waals surface area contributed by atoms with Crippen LogP contribution in [0.2, 0.25) is 0 Å². The van der Waals surface area contributed by atoms with E-state index >= 15 is 0 Å². The molecule has 0 bridgehead atoms. The molecule has 8 rings (SSSR count). The molecule has 0 spiro atoms. The van der Waals surface area contributed by atoms with Crippen LogP contribution in [0.3, 0.4) is 0 Å². The number of hydrogen-bond acceptors (Lipinski definition) is 13. The standard InChI is InChI=1S/C24H28N6O4.C16H22N4O2/c1-33-18-2-3-19-21(11-18)30(23(32)14-26-19)9-8-29-6-4-17(5-7-29)25-12-16-10-20-24(27-13-16)34-15-22(31)28-20;1-22-13-2-3-14-15(10-13)20(16(21)11-18-14)9-8-19-6-4-12(17)5-7-19/h2-3,10-11,13-14,17,25H,4-9,12,15H2,1H3,(H,28,31);2-3,10-12H,4-9,17H2,1H3. The number of rotatable bonds is 11. The summed E-state index contributed by atoms with van der Waals surface area (Å²) in [6, 6.07) is 13.8. The minimum Gasteiger partial charge on any atom is -0.497 e. The molecule has 2 aromatic carbocycles. The molecule has 296 valence electrons. The summed E-state index contributed by atoms with van der Waals surface area (Å²) in [5.41, 5.74) is 10.6. The lowest BCUT2D eigenvalue weighted by molar-refractivity contribution is -0.118. The quantitative estimate of drug-likeness (QED) is 0.178. The Hall–Kier alpha value is -5.42. The molecule has 4 N–H and O–H groups in total. The number of anilines is 1. The summed E-state index contributed by atoms with van der Waals surface area (Å²) in [6.07, 6.45) is 8.67. The lowest BCUT2D eigenvalue weighted by atomic mass is 10.0. The fourth-order valence-electron chi connectivity index (χ4n) is 7.40. The van der Waals surface area contributed by atoms with E-state index in [0.29, 0.717) is 49.0 Å². The summed E-state index contributed by atoms with van der Waals surface area (Å²) in [6.45, 7) is 7.54. The van der Waals surface area contributed by atoms with Crippen LogP contribution in [0.25, 0.3) is 22.1 Å². The number of methoxy groups -OCH3 is 2. The van der Waals surface area contributed by atoms with Crippen LogP contribution in [0.4, 0.5) is 5.69 Å². The molecular weight excluding hydrogens is 717 g/mol. The highest BCUT2D eigenvalue weighted by molar-refractivity contribution is 5.94. The predicted octanol–water partition coefficient (Wildman–Crippen LogP) is 2.21. The molecule has 0 radical (unpaired) electrons. The van der Waals surface area contributed by atoms with Gasteiger partial charge in [0.25, 0.3) is 17.0 Å². The topological polar surface area (TPSA) is 184 Å². The second-order valence-electron chi connectivity index (χ2n) is 14.4. The lowest BCUT2D eigenvalue weighted by Crippen LogP contribution is -2.43. The first-order valence-corrected chi connectivity index (χ1v) is 19.2. The Morgan fingerprint density at radius 3 is 1.86 bits per heavy atom. The van der Waals surface area contributed by atoms with Crippen molar-refractivity contribution in [2.24, 2.45) is 5.73 Å². The van der Waals surface area contributed by atoms with E-state index in [1.807, 2.05) is 42.5 Å². The van der Waals surface area contributed by atoms with Gasteiger partial charge in [0.05, 0.1) is 48.7 Å². The van der Waals surface area contributed by atoms with Crippen LogP contribution in [0.5, 0.6) is 17.4 Å². The third-order valence-electron chi connectivity index (χ3n) is 10.7. The molecule has 0 atom stereocenters. The highest BCUT2D eigenvalue weighted by Crippen LogP contribution is 2.26. The van der Waals surface area contributed by atoms with Gasteiger partial charge in [0.2, 0.25) is 5.88 Å². The molecule has 56 heavy (non-hydrogen) atoms. The van der Waals surface area contributed by atoms with Crippen molar-refractivity contribution in [2.45, 2.75) is 57.4 Å². The van der Waals surface area contributed by atoms with E-state index in [1.165, 1.54) is 12.4 Å². The Morgan fingerprint density at radius 1 is 0.750 bits per heavy atom. The van der Waals surface area contributed by atoms with Gasteiger partial charge in [0.1, 0.15) is 17.2 Å². The molecule has 5 aromatic rings. The SMILES string of the molecule is COc1ccc2ncc(=O)n(CCN3CCC(N)CC3)c2c1.COc1ccc2ncc(=O)n(CCN3CCC(NCc4cnc5c(c4)NC(=O)CO5)CC3)c2c1. The molecule has 3 aliphatic heterocycles. The number of amides is 1. The van der Waals surface area contributed by atoms with Crippen molar-refractivity contribution in [2.75, 3.05) is 65.4 Å². The number of aromatic nitrogens is 5. The van der Waals surface area contributed by atoms with Crippen LogP contribution >= 0.6 is 0 Å². The molecule has 0 aliphatic carbocycles. The van der Waals surface area contributed by atoms with Gasteiger partial charge in [0.15, 0.2) is 6.61 Å². The minimum absolute atomic E-state index is 0.0103. The van der Waals surface area contributed by atoms with Crippen LogP contribution in [-0.2, 0) is 24.4 Å². The zero-order chi connectivity index (χ0) is 39.0. The van der Waals surface area contributed by atoms with E-state index in [4.69, 9.17) is 19.9 Å². The molecule has 3 aliphatic rings. The van der Waals surface area contributed by atoms with Crippen LogP contribution in [0.15, 0.2) is 70.6 Å². The summed E-state index contributed by atoms with van der Waals surface area (Å²) >= 11 is 0. The maximum absolute atomic E-state index is 12.5. The number of ether oxygens (including phenoxy) is 3. The van der Waals surface area contributed by atoms with Crippen LogP contribution in [-0.4, -0.2) is 112 Å². The Morgan fingerprint density at radius 2 is 1.30 bits per heavy atom. The van der Waals surface area contributed by atoms with Crippen LogP contribution in [0, 0.1) is 0 Å². The first-order valence-electron chi connectivity index (χ1n) is 19.2. The molecular formula is C40H50N10O6. The number of carbonyl (C=O) groups is 1. The van der Waals surface area contributed by atoms with Crippen molar-refractivity contribution in [1.82, 2.24) is 39.2 Å². The van der Waals surface area contributed by atoms with Gasteiger partial charge >= 0.3 is 0 Å². The second-order valence-corrected chi connectivity index (χ2v) is 14.4. The lowest BCUT2D eigenvalue weighted by Gasteiger charge is -2.32. The number of piperidine rings is 2. The molecule has 0 saturated carbocycles. The Bertz CT molecular complexity index is 2260. The Labute approximate surface area is 324 Å². The third kappa shape index (κ3) is 9.50. The number of likely N-dealkylation sites (tertiary alicyclic amines) is 2. The van der Waals surface area contributed by atoms with E-state index < -0.39 is 0 Å². The number of nitrogens with two attached hydrogens (primary N) is 1. The maximum Gasteiger partial charge on any atom is 0.269 e. The maximum atomic E-state index is 12.5. The highest BCUT2D eigenvalue weighted by atomic mass is 16.5. The number of nitrogens with one attached hydrogen (secondary N) is 2. The Balaban J connectivity index is 0.000000189. The summed E-state index contributed by atoms with van der Waals surface area (Å²) in [5.74, 6) is 1.76. The van der Waals surface area contributed by atoms with E-state index in [1.54, 1.807) is 29.6 Å². The van der Waals surface area contributed by atoms with E-state index in [9.17, 15) is 14.4 Å².